The second kappa shape index (κ2) is 5.90. The quantitative estimate of drug-likeness (QED) is 0.840. The Kier molecular flexibility index (Phi) is 4.45. The summed E-state index contributed by atoms with van der Waals surface area (Å²) in [4.78, 5) is 25.7. The molecule has 2 saturated heterocycles. The number of carbonyl (C=O) groups is 2. The van der Waals surface area contributed by atoms with E-state index in [1.165, 1.54) is 0 Å². The minimum Gasteiger partial charge on any atom is -0.481 e. The molecule has 0 bridgehead atoms. The van der Waals surface area contributed by atoms with Crippen molar-refractivity contribution in [3.63, 3.8) is 0 Å². The summed E-state index contributed by atoms with van der Waals surface area (Å²) in [5, 5.41) is 9.45. The van der Waals surface area contributed by atoms with Crippen molar-refractivity contribution < 1.29 is 19.4 Å². The van der Waals surface area contributed by atoms with Gasteiger partial charge in [0.15, 0.2) is 0 Å². The lowest BCUT2D eigenvalue weighted by atomic mass is 9.82. The van der Waals surface area contributed by atoms with Gasteiger partial charge in [-0.3, -0.25) is 9.59 Å². The normalized spacial score (nSPS) is 28.6. The fourth-order valence-corrected chi connectivity index (χ4v) is 3.23. The number of carboxylic acid groups (broad SMARTS) is 1. The summed E-state index contributed by atoms with van der Waals surface area (Å²) < 4.78 is 5.27. The Morgan fingerprint density at radius 1 is 1.37 bits per heavy atom. The van der Waals surface area contributed by atoms with Crippen LogP contribution in [0.4, 0.5) is 0 Å². The molecule has 0 saturated carbocycles. The predicted octanol–water partition coefficient (Wildman–Crippen LogP) is 1.52. The molecule has 0 aliphatic carbocycles. The molecule has 1 N–H and O–H groups in total. The van der Waals surface area contributed by atoms with Gasteiger partial charge in [-0.2, -0.15) is 0 Å². The van der Waals surface area contributed by atoms with Crippen LogP contribution < -0.4 is 0 Å². The Morgan fingerprint density at radius 2 is 2.05 bits per heavy atom. The number of nitrogens with zero attached hydrogens (tertiary/aromatic N) is 1. The molecule has 0 radical (unpaired) electrons. The molecule has 0 aromatic carbocycles. The summed E-state index contributed by atoms with van der Waals surface area (Å²) in [5.74, 6) is -0.598. The maximum absolute atomic E-state index is 12.4. The lowest BCUT2D eigenvalue weighted by molar-refractivity contribution is -0.149. The van der Waals surface area contributed by atoms with Crippen LogP contribution in [0.25, 0.3) is 0 Å². The maximum Gasteiger partial charge on any atom is 0.311 e. The lowest BCUT2D eigenvalue weighted by Gasteiger charge is -2.28. The van der Waals surface area contributed by atoms with Gasteiger partial charge in [-0.15, -0.1) is 0 Å². The molecule has 2 fully saturated rings. The van der Waals surface area contributed by atoms with Crippen molar-refractivity contribution in [2.24, 2.45) is 11.3 Å². The molecule has 2 aliphatic heterocycles. The van der Waals surface area contributed by atoms with Crippen LogP contribution >= 0.6 is 0 Å². The highest BCUT2D eigenvalue weighted by molar-refractivity contribution is 5.82. The standard InChI is InChI=1S/C14H23NO4/c1-2-5-14(13(17)18)6-7-15(10-14)12(16)11-3-8-19-9-4-11/h11H,2-10H2,1H3,(H,17,18). The second-order valence-corrected chi connectivity index (χ2v) is 5.73. The van der Waals surface area contributed by atoms with Gasteiger partial charge in [0.1, 0.15) is 0 Å². The summed E-state index contributed by atoms with van der Waals surface area (Å²) in [7, 11) is 0. The zero-order chi connectivity index (χ0) is 13.9. The first-order valence-electron chi connectivity index (χ1n) is 7.19. The fourth-order valence-electron chi connectivity index (χ4n) is 3.23. The fraction of sp³-hybridized carbons (Fsp3) is 0.857. The van der Waals surface area contributed by atoms with Crippen LogP contribution in [-0.2, 0) is 14.3 Å². The number of hydrogen-bond acceptors (Lipinski definition) is 3. The van der Waals surface area contributed by atoms with E-state index >= 15 is 0 Å². The van der Waals surface area contributed by atoms with Gasteiger partial charge in [-0.1, -0.05) is 13.3 Å². The van der Waals surface area contributed by atoms with E-state index in [4.69, 9.17) is 4.74 Å². The molecule has 0 aromatic heterocycles. The zero-order valence-electron chi connectivity index (χ0n) is 11.6. The molecule has 0 aromatic rings. The Balaban J connectivity index is 1.99. The van der Waals surface area contributed by atoms with E-state index in [-0.39, 0.29) is 11.8 Å². The summed E-state index contributed by atoms with van der Waals surface area (Å²) >= 11 is 0. The van der Waals surface area contributed by atoms with Crippen molar-refractivity contribution >= 4 is 11.9 Å². The molecule has 108 valence electrons. The summed E-state index contributed by atoms with van der Waals surface area (Å²) in [6.45, 7) is 4.25. The molecular formula is C14H23NO4. The van der Waals surface area contributed by atoms with Crippen LogP contribution in [0.1, 0.15) is 39.0 Å². The van der Waals surface area contributed by atoms with Gasteiger partial charge in [0.2, 0.25) is 5.91 Å². The smallest absolute Gasteiger partial charge is 0.311 e. The van der Waals surface area contributed by atoms with E-state index in [1.807, 2.05) is 6.92 Å². The van der Waals surface area contributed by atoms with Crippen LogP contribution in [0.2, 0.25) is 0 Å². The molecular weight excluding hydrogens is 246 g/mol. The first-order chi connectivity index (χ1) is 9.09. The van der Waals surface area contributed by atoms with E-state index in [9.17, 15) is 14.7 Å². The Labute approximate surface area is 113 Å². The molecule has 5 heteroatoms. The first-order valence-corrected chi connectivity index (χ1v) is 7.19. The number of aliphatic carboxylic acids is 1. The highest BCUT2D eigenvalue weighted by Crippen LogP contribution is 2.36. The van der Waals surface area contributed by atoms with Crippen molar-refractivity contribution in [3.05, 3.63) is 0 Å². The van der Waals surface area contributed by atoms with Crippen LogP contribution in [0.15, 0.2) is 0 Å². The number of hydrogen-bond donors (Lipinski definition) is 1. The van der Waals surface area contributed by atoms with Gasteiger partial charge in [-0.05, 0) is 25.7 Å². The van der Waals surface area contributed by atoms with Crippen LogP contribution in [0, 0.1) is 11.3 Å². The molecule has 19 heavy (non-hydrogen) atoms. The number of likely N-dealkylation sites (tertiary alicyclic amines) is 1. The number of carboxylic acids is 1. The highest BCUT2D eigenvalue weighted by Gasteiger charge is 2.46. The Morgan fingerprint density at radius 3 is 2.63 bits per heavy atom. The Bertz CT molecular complexity index is 351. The number of rotatable bonds is 4. The molecule has 2 rings (SSSR count). The average Bonchev–Trinajstić information content (AvgIpc) is 2.85. The molecule has 1 amide bonds. The molecule has 2 heterocycles. The summed E-state index contributed by atoms with van der Waals surface area (Å²) in [5.41, 5.74) is -0.713. The second-order valence-electron chi connectivity index (χ2n) is 5.73. The molecule has 5 nitrogen and oxygen atoms in total. The van der Waals surface area contributed by atoms with Gasteiger partial charge in [0, 0.05) is 32.2 Å². The topological polar surface area (TPSA) is 66.8 Å². The van der Waals surface area contributed by atoms with Crippen LogP contribution in [-0.4, -0.2) is 48.2 Å². The van der Waals surface area contributed by atoms with Crippen molar-refractivity contribution in [1.82, 2.24) is 4.90 Å². The van der Waals surface area contributed by atoms with E-state index in [0.29, 0.717) is 39.1 Å². The number of ether oxygens (including phenoxy) is 1. The largest absolute Gasteiger partial charge is 0.481 e. The minimum absolute atomic E-state index is 0.0278. The van der Waals surface area contributed by atoms with Gasteiger partial charge < -0.3 is 14.7 Å². The lowest BCUT2D eigenvalue weighted by Crippen LogP contribution is -2.40. The van der Waals surface area contributed by atoms with Crippen molar-refractivity contribution in [1.29, 1.82) is 0 Å². The molecule has 1 atom stereocenters. The average molecular weight is 269 g/mol. The SMILES string of the molecule is CCCC1(C(=O)O)CCN(C(=O)C2CCOCC2)C1. The monoisotopic (exact) mass is 269 g/mol. The maximum atomic E-state index is 12.4. The van der Waals surface area contributed by atoms with Gasteiger partial charge in [0.25, 0.3) is 0 Å². The number of carbonyl (C=O) groups excluding carboxylic acids is 1. The highest BCUT2D eigenvalue weighted by atomic mass is 16.5. The third-order valence-corrected chi connectivity index (χ3v) is 4.42. The molecule has 0 spiro atoms. The van der Waals surface area contributed by atoms with E-state index in [1.54, 1.807) is 4.90 Å². The van der Waals surface area contributed by atoms with Gasteiger partial charge in [-0.25, -0.2) is 0 Å². The predicted molar refractivity (Wildman–Crippen MR) is 69.7 cm³/mol. The van der Waals surface area contributed by atoms with E-state index in [2.05, 4.69) is 0 Å². The van der Waals surface area contributed by atoms with Crippen LogP contribution in [0.5, 0.6) is 0 Å². The third kappa shape index (κ3) is 2.91. The third-order valence-electron chi connectivity index (χ3n) is 4.42. The Hall–Kier alpha value is -1.10. The van der Waals surface area contributed by atoms with E-state index < -0.39 is 11.4 Å². The van der Waals surface area contributed by atoms with Crippen molar-refractivity contribution in [3.8, 4) is 0 Å². The number of amides is 1. The van der Waals surface area contributed by atoms with E-state index in [0.717, 1.165) is 19.3 Å². The van der Waals surface area contributed by atoms with Crippen molar-refractivity contribution in [2.45, 2.75) is 39.0 Å². The first kappa shape index (κ1) is 14.3. The van der Waals surface area contributed by atoms with Gasteiger partial charge in [0.05, 0.1) is 5.41 Å². The summed E-state index contributed by atoms with van der Waals surface area (Å²) in [6.07, 6.45) is 3.61. The van der Waals surface area contributed by atoms with Crippen molar-refractivity contribution in [2.75, 3.05) is 26.3 Å². The zero-order valence-corrected chi connectivity index (χ0v) is 11.6. The van der Waals surface area contributed by atoms with Gasteiger partial charge >= 0.3 is 5.97 Å². The summed E-state index contributed by atoms with van der Waals surface area (Å²) in [6, 6.07) is 0. The minimum atomic E-state index is -0.753. The molecule has 2 aliphatic rings. The van der Waals surface area contributed by atoms with Crippen LogP contribution in [0.3, 0.4) is 0 Å². The molecule has 1 unspecified atom stereocenters.